The summed E-state index contributed by atoms with van der Waals surface area (Å²) < 4.78 is 12.6. The third-order valence-corrected chi connectivity index (χ3v) is 1.57. The van der Waals surface area contributed by atoms with E-state index in [9.17, 15) is 9.18 Å². The van der Waals surface area contributed by atoms with Crippen LogP contribution >= 0.6 is 0 Å². The zero-order valence-electron chi connectivity index (χ0n) is 6.26. The quantitative estimate of drug-likeness (QED) is 0.534. The SMILES string of the molecule is CN1NC(C)(C(=O)O)C=C1F. The minimum Gasteiger partial charge on any atom is -0.480 e. The fraction of sp³-hybridized carbons (Fsp3) is 0.500. The number of hydrogen-bond acceptors (Lipinski definition) is 3. The van der Waals surface area contributed by atoms with E-state index in [1.165, 1.54) is 14.0 Å². The molecule has 0 aromatic heterocycles. The van der Waals surface area contributed by atoms with Crippen molar-refractivity contribution >= 4 is 5.97 Å². The second-order valence-corrected chi connectivity index (χ2v) is 2.65. The normalized spacial score (nSPS) is 30.5. The van der Waals surface area contributed by atoms with Crippen molar-refractivity contribution in [2.75, 3.05) is 7.05 Å². The largest absolute Gasteiger partial charge is 0.480 e. The van der Waals surface area contributed by atoms with Crippen molar-refractivity contribution in [2.24, 2.45) is 0 Å². The molecule has 1 unspecified atom stereocenters. The fourth-order valence-electron chi connectivity index (χ4n) is 0.879. The number of carbonyl (C=O) groups is 1. The van der Waals surface area contributed by atoms with Crippen LogP contribution in [0.3, 0.4) is 0 Å². The molecule has 1 rings (SSSR count). The molecule has 0 aromatic rings. The maximum absolute atomic E-state index is 12.6. The van der Waals surface area contributed by atoms with E-state index in [4.69, 9.17) is 5.11 Å². The Morgan fingerprint density at radius 3 is 2.64 bits per heavy atom. The topological polar surface area (TPSA) is 52.6 Å². The molecular formula is C6H9FN2O2. The average Bonchev–Trinajstić information content (AvgIpc) is 2.09. The van der Waals surface area contributed by atoms with E-state index in [2.05, 4.69) is 5.43 Å². The van der Waals surface area contributed by atoms with Crippen molar-refractivity contribution < 1.29 is 14.3 Å². The van der Waals surface area contributed by atoms with E-state index in [1.807, 2.05) is 0 Å². The molecule has 0 bridgehead atoms. The molecule has 0 fully saturated rings. The van der Waals surface area contributed by atoms with Gasteiger partial charge in [-0.05, 0) is 6.92 Å². The van der Waals surface area contributed by atoms with Gasteiger partial charge in [0, 0.05) is 13.1 Å². The van der Waals surface area contributed by atoms with Crippen LogP contribution < -0.4 is 5.43 Å². The third-order valence-electron chi connectivity index (χ3n) is 1.57. The van der Waals surface area contributed by atoms with E-state index >= 15 is 0 Å². The highest BCUT2D eigenvalue weighted by Gasteiger charge is 2.38. The lowest BCUT2D eigenvalue weighted by molar-refractivity contribution is -0.142. The van der Waals surface area contributed by atoms with Gasteiger partial charge in [-0.15, -0.1) is 0 Å². The summed E-state index contributed by atoms with van der Waals surface area (Å²) in [7, 11) is 1.42. The number of nitrogens with zero attached hydrogens (tertiary/aromatic N) is 1. The monoisotopic (exact) mass is 160 g/mol. The molecule has 0 radical (unpaired) electrons. The molecule has 0 aliphatic carbocycles. The summed E-state index contributed by atoms with van der Waals surface area (Å²) in [5.74, 6) is -1.67. The third kappa shape index (κ3) is 1.19. The van der Waals surface area contributed by atoms with Gasteiger partial charge in [-0.25, -0.2) is 10.2 Å². The number of hydrazine groups is 1. The molecule has 0 saturated heterocycles. The van der Waals surface area contributed by atoms with Crippen LogP contribution in [0.4, 0.5) is 4.39 Å². The minimum atomic E-state index is -1.31. The van der Waals surface area contributed by atoms with Gasteiger partial charge in [0.25, 0.3) is 0 Å². The minimum absolute atomic E-state index is 0.574. The van der Waals surface area contributed by atoms with Gasteiger partial charge in [0.1, 0.15) is 0 Å². The Balaban J connectivity index is 2.88. The van der Waals surface area contributed by atoms with Gasteiger partial charge in [-0.1, -0.05) is 0 Å². The lowest BCUT2D eigenvalue weighted by Crippen LogP contribution is -2.48. The second-order valence-electron chi connectivity index (χ2n) is 2.65. The lowest BCUT2D eigenvalue weighted by atomic mass is 10.1. The summed E-state index contributed by atoms with van der Waals surface area (Å²) in [5.41, 5.74) is 1.14. The molecule has 1 atom stereocenters. The summed E-state index contributed by atoms with van der Waals surface area (Å²) in [6, 6.07) is 0. The molecule has 1 aliphatic heterocycles. The van der Waals surface area contributed by atoms with Gasteiger partial charge in [-0.2, -0.15) is 4.39 Å². The van der Waals surface area contributed by atoms with Crippen LogP contribution in [0.5, 0.6) is 0 Å². The summed E-state index contributed by atoms with van der Waals surface area (Å²) >= 11 is 0. The van der Waals surface area contributed by atoms with Crippen LogP contribution in [0.25, 0.3) is 0 Å². The van der Waals surface area contributed by atoms with E-state index in [1.54, 1.807) is 0 Å². The van der Waals surface area contributed by atoms with Gasteiger partial charge in [0.15, 0.2) is 5.54 Å². The van der Waals surface area contributed by atoms with Crippen molar-refractivity contribution in [3.8, 4) is 0 Å². The molecule has 62 valence electrons. The first-order valence-corrected chi connectivity index (χ1v) is 3.09. The Labute approximate surface area is 63.3 Å². The van der Waals surface area contributed by atoms with Crippen LogP contribution in [0.2, 0.25) is 0 Å². The van der Waals surface area contributed by atoms with E-state index < -0.39 is 17.5 Å². The number of aliphatic carboxylic acids is 1. The highest BCUT2D eigenvalue weighted by molar-refractivity contribution is 5.81. The van der Waals surface area contributed by atoms with Crippen LogP contribution in [0, 0.1) is 0 Å². The van der Waals surface area contributed by atoms with E-state index in [-0.39, 0.29) is 0 Å². The van der Waals surface area contributed by atoms with Crippen molar-refractivity contribution in [1.29, 1.82) is 0 Å². The maximum Gasteiger partial charge on any atom is 0.329 e. The summed E-state index contributed by atoms with van der Waals surface area (Å²) in [6.45, 7) is 1.39. The van der Waals surface area contributed by atoms with Gasteiger partial charge >= 0.3 is 5.97 Å². The number of rotatable bonds is 1. The molecule has 5 heteroatoms. The average molecular weight is 160 g/mol. The van der Waals surface area contributed by atoms with Crippen LogP contribution in [-0.4, -0.2) is 28.7 Å². The second kappa shape index (κ2) is 2.20. The fourth-order valence-corrected chi connectivity index (χ4v) is 0.879. The van der Waals surface area contributed by atoms with Crippen molar-refractivity contribution in [3.05, 3.63) is 12.0 Å². The standard InChI is InChI=1S/C6H9FN2O2/c1-6(5(10)11)3-4(7)9(2)8-6/h3,8H,1-2H3,(H,10,11). The highest BCUT2D eigenvalue weighted by Crippen LogP contribution is 2.19. The van der Waals surface area contributed by atoms with Crippen LogP contribution in [0.15, 0.2) is 12.0 Å². The first-order chi connectivity index (χ1) is 4.96. The van der Waals surface area contributed by atoms with Crippen LogP contribution in [-0.2, 0) is 4.79 Å². The Bertz CT molecular complexity index is 229. The molecule has 0 amide bonds. The predicted molar refractivity (Wildman–Crippen MR) is 36.1 cm³/mol. The highest BCUT2D eigenvalue weighted by atomic mass is 19.1. The summed E-state index contributed by atoms with van der Waals surface area (Å²) in [4.78, 5) is 10.5. The Morgan fingerprint density at radius 2 is 2.45 bits per heavy atom. The summed E-state index contributed by atoms with van der Waals surface area (Å²) in [6.07, 6.45) is 1.02. The zero-order valence-corrected chi connectivity index (χ0v) is 6.26. The Morgan fingerprint density at radius 1 is 1.91 bits per heavy atom. The van der Waals surface area contributed by atoms with Gasteiger partial charge in [0.05, 0.1) is 0 Å². The smallest absolute Gasteiger partial charge is 0.329 e. The molecule has 4 nitrogen and oxygen atoms in total. The van der Waals surface area contributed by atoms with Gasteiger partial charge < -0.3 is 5.11 Å². The molecule has 2 N–H and O–H groups in total. The first-order valence-electron chi connectivity index (χ1n) is 3.09. The number of hydrogen-bond donors (Lipinski definition) is 2. The Hall–Kier alpha value is -1.10. The maximum atomic E-state index is 12.6. The molecule has 11 heavy (non-hydrogen) atoms. The van der Waals surface area contributed by atoms with Gasteiger partial charge in [-0.3, -0.25) is 5.01 Å². The molecule has 1 heterocycles. The van der Waals surface area contributed by atoms with E-state index in [0.29, 0.717) is 0 Å². The molecular weight excluding hydrogens is 151 g/mol. The van der Waals surface area contributed by atoms with E-state index in [0.717, 1.165) is 11.1 Å². The summed E-state index contributed by atoms with van der Waals surface area (Å²) in [5, 5.41) is 9.64. The number of halogens is 1. The predicted octanol–water partition coefficient (Wildman–Crippen LogP) is 0.0906. The molecule has 0 aromatic carbocycles. The molecule has 0 saturated carbocycles. The van der Waals surface area contributed by atoms with Gasteiger partial charge in [0.2, 0.25) is 5.95 Å². The zero-order chi connectivity index (χ0) is 8.65. The van der Waals surface area contributed by atoms with Crippen molar-refractivity contribution in [2.45, 2.75) is 12.5 Å². The number of carboxylic acid groups (broad SMARTS) is 1. The molecule has 1 aliphatic rings. The first kappa shape index (κ1) is 8.00. The molecule has 0 spiro atoms. The number of carboxylic acids is 1. The Kier molecular flexibility index (Phi) is 1.60. The van der Waals surface area contributed by atoms with Crippen molar-refractivity contribution in [3.63, 3.8) is 0 Å². The number of nitrogens with one attached hydrogen (secondary N) is 1. The lowest BCUT2D eigenvalue weighted by Gasteiger charge is -2.19. The van der Waals surface area contributed by atoms with Crippen molar-refractivity contribution in [1.82, 2.24) is 10.4 Å². The van der Waals surface area contributed by atoms with Crippen LogP contribution in [0.1, 0.15) is 6.92 Å².